The Morgan fingerprint density at radius 1 is 1.08 bits per heavy atom. The van der Waals surface area contributed by atoms with Gasteiger partial charge in [0.1, 0.15) is 11.9 Å². The number of benzene rings is 2. The van der Waals surface area contributed by atoms with Crippen LogP contribution in [-0.4, -0.2) is 10.9 Å². The van der Waals surface area contributed by atoms with Crippen LogP contribution in [0.1, 0.15) is 16.7 Å². The van der Waals surface area contributed by atoms with Crippen molar-refractivity contribution in [1.82, 2.24) is 4.98 Å². The van der Waals surface area contributed by atoms with Crippen molar-refractivity contribution in [3.63, 3.8) is 0 Å². The molecule has 3 aromatic rings. The van der Waals surface area contributed by atoms with E-state index in [9.17, 15) is 4.79 Å². The molecule has 0 fully saturated rings. The van der Waals surface area contributed by atoms with Gasteiger partial charge in [-0.25, -0.2) is 4.98 Å². The highest BCUT2D eigenvalue weighted by Gasteiger charge is 2.06. The van der Waals surface area contributed by atoms with E-state index in [4.69, 9.17) is 5.26 Å². The normalized spacial score (nSPS) is 10.0. The molecule has 0 saturated heterocycles. The van der Waals surface area contributed by atoms with E-state index >= 15 is 0 Å². The smallest absolute Gasteiger partial charge is 0.228 e. The van der Waals surface area contributed by atoms with Crippen LogP contribution in [0, 0.1) is 18.3 Å². The molecule has 5 nitrogen and oxygen atoms in total. The molecule has 1 amide bonds. The fourth-order valence-corrected chi connectivity index (χ4v) is 2.47. The fourth-order valence-electron chi connectivity index (χ4n) is 2.47. The molecule has 0 saturated carbocycles. The van der Waals surface area contributed by atoms with E-state index in [0.29, 0.717) is 29.2 Å². The molecule has 26 heavy (non-hydrogen) atoms. The lowest BCUT2D eigenvalue weighted by atomic mass is 10.1. The van der Waals surface area contributed by atoms with Crippen LogP contribution in [0.15, 0.2) is 66.9 Å². The molecule has 0 atom stereocenters. The summed E-state index contributed by atoms with van der Waals surface area (Å²) in [6.07, 6.45) is 1.90. The lowest BCUT2D eigenvalue weighted by Gasteiger charge is -2.09. The van der Waals surface area contributed by atoms with Gasteiger partial charge in [0.25, 0.3) is 0 Å². The molecule has 1 heterocycles. The first-order chi connectivity index (χ1) is 12.6. The highest BCUT2D eigenvalue weighted by Crippen LogP contribution is 2.19. The van der Waals surface area contributed by atoms with Crippen LogP contribution >= 0.6 is 0 Å². The minimum atomic E-state index is -0.0915. The van der Waals surface area contributed by atoms with Crippen molar-refractivity contribution in [3.05, 3.63) is 83.6 Å². The van der Waals surface area contributed by atoms with Gasteiger partial charge in [0.05, 0.1) is 29.6 Å². The maximum absolute atomic E-state index is 12.1. The number of rotatable bonds is 5. The van der Waals surface area contributed by atoms with Gasteiger partial charge in [0.15, 0.2) is 0 Å². The van der Waals surface area contributed by atoms with Gasteiger partial charge in [-0.3, -0.25) is 4.79 Å². The molecule has 0 spiro atoms. The molecule has 1 aromatic heterocycles. The topological polar surface area (TPSA) is 77.8 Å². The Labute approximate surface area is 152 Å². The molecular formula is C21H18N4O. The quantitative estimate of drug-likeness (QED) is 0.729. The van der Waals surface area contributed by atoms with Crippen molar-refractivity contribution in [2.75, 3.05) is 10.6 Å². The molecule has 2 aromatic carbocycles. The zero-order valence-corrected chi connectivity index (χ0v) is 14.4. The first kappa shape index (κ1) is 17.2. The van der Waals surface area contributed by atoms with Gasteiger partial charge in [-0.1, -0.05) is 42.0 Å². The number of carbonyl (C=O) groups is 1. The summed E-state index contributed by atoms with van der Waals surface area (Å²) >= 11 is 0. The Kier molecular flexibility index (Phi) is 5.25. The predicted molar refractivity (Wildman–Crippen MR) is 102 cm³/mol. The number of anilines is 3. The molecule has 5 heteroatoms. The largest absolute Gasteiger partial charge is 0.339 e. The molecule has 3 rings (SSSR count). The number of pyridine rings is 1. The van der Waals surface area contributed by atoms with Crippen LogP contribution < -0.4 is 10.6 Å². The minimum Gasteiger partial charge on any atom is -0.339 e. The monoisotopic (exact) mass is 342 g/mol. The second kappa shape index (κ2) is 7.95. The summed E-state index contributed by atoms with van der Waals surface area (Å²) in [6.45, 7) is 2.01. The molecular weight excluding hydrogens is 324 g/mol. The van der Waals surface area contributed by atoms with Crippen molar-refractivity contribution in [3.8, 4) is 6.07 Å². The third-order valence-corrected chi connectivity index (χ3v) is 3.84. The van der Waals surface area contributed by atoms with E-state index in [-0.39, 0.29) is 5.91 Å². The van der Waals surface area contributed by atoms with Crippen LogP contribution in [0.2, 0.25) is 0 Å². The highest BCUT2D eigenvalue weighted by atomic mass is 16.1. The predicted octanol–water partition coefficient (Wildman–Crippen LogP) is 4.19. The van der Waals surface area contributed by atoms with E-state index in [1.165, 1.54) is 5.56 Å². The van der Waals surface area contributed by atoms with Crippen molar-refractivity contribution in [1.29, 1.82) is 5.26 Å². The minimum absolute atomic E-state index is 0.0915. The average Bonchev–Trinajstić information content (AvgIpc) is 2.65. The second-order valence-corrected chi connectivity index (χ2v) is 5.93. The van der Waals surface area contributed by atoms with E-state index in [1.54, 1.807) is 24.4 Å². The summed E-state index contributed by atoms with van der Waals surface area (Å²) in [6, 6.07) is 20.8. The van der Waals surface area contributed by atoms with E-state index < -0.39 is 0 Å². The lowest BCUT2D eigenvalue weighted by Crippen LogP contribution is -2.14. The standard InChI is InChI=1S/C21H18N4O/c1-15-6-8-16(9-7-15)12-21(26)24-18-10-11-20(23-14-18)25-19-5-3-2-4-17(19)13-22/h2-11,14H,12H2,1H3,(H,23,25)(H,24,26). The molecule has 0 radical (unpaired) electrons. The highest BCUT2D eigenvalue weighted by molar-refractivity contribution is 5.92. The Bertz CT molecular complexity index is 941. The number of aryl methyl sites for hydroxylation is 1. The van der Waals surface area contributed by atoms with Crippen LogP contribution in [-0.2, 0) is 11.2 Å². The summed E-state index contributed by atoms with van der Waals surface area (Å²) in [5, 5.41) is 15.1. The number of aromatic nitrogens is 1. The van der Waals surface area contributed by atoms with Crippen LogP contribution in [0.25, 0.3) is 0 Å². The number of amides is 1. The molecule has 0 aliphatic rings. The van der Waals surface area contributed by atoms with Gasteiger partial charge in [-0.2, -0.15) is 5.26 Å². The molecule has 0 aliphatic carbocycles. The SMILES string of the molecule is Cc1ccc(CC(=O)Nc2ccc(Nc3ccccc3C#N)nc2)cc1. The van der Waals surface area contributed by atoms with Crippen LogP contribution in [0.5, 0.6) is 0 Å². The Morgan fingerprint density at radius 2 is 1.85 bits per heavy atom. The summed E-state index contributed by atoms with van der Waals surface area (Å²) < 4.78 is 0. The zero-order chi connectivity index (χ0) is 18.4. The van der Waals surface area contributed by atoms with E-state index in [2.05, 4.69) is 21.7 Å². The van der Waals surface area contributed by atoms with Gasteiger partial charge in [-0.15, -0.1) is 0 Å². The maximum Gasteiger partial charge on any atom is 0.228 e. The summed E-state index contributed by atoms with van der Waals surface area (Å²) in [5.41, 5.74) is 4.00. The van der Waals surface area contributed by atoms with E-state index in [0.717, 1.165) is 5.56 Å². The fraction of sp³-hybridized carbons (Fsp3) is 0.0952. The number of hydrogen-bond acceptors (Lipinski definition) is 4. The van der Waals surface area contributed by atoms with Crippen molar-refractivity contribution in [2.45, 2.75) is 13.3 Å². The van der Waals surface area contributed by atoms with E-state index in [1.807, 2.05) is 49.4 Å². The number of carbonyl (C=O) groups excluding carboxylic acids is 1. The number of para-hydroxylation sites is 1. The average molecular weight is 342 g/mol. The number of nitrogens with zero attached hydrogens (tertiary/aromatic N) is 2. The Morgan fingerprint density at radius 3 is 2.54 bits per heavy atom. The number of nitriles is 1. The number of nitrogens with one attached hydrogen (secondary N) is 2. The van der Waals surface area contributed by atoms with Gasteiger partial charge >= 0.3 is 0 Å². The van der Waals surface area contributed by atoms with Gasteiger partial charge in [0, 0.05) is 0 Å². The molecule has 128 valence electrons. The third-order valence-electron chi connectivity index (χ3n) is 3.84. The first-order valence-corrected chi connectivity index (χ1v) is 8.21. The summed E-state index contributed by atoms with van der Waals surface area (Å²) in [5.74, 6) is 0.510. The van der Waals surface area contributed by atoms with Gasteiger partial charge in [-0.05, 0) is 36.8 Å². The Balaban J connectivity index is 1.61. The van der Waals surface area contributed by atoms with Gasteiger partial charge in [0.2, 0.25) is 5.91 Å². The van der Waals surface area contributed by atoms with Gasteiger partial charge < -0.3 is 10.6 Å². The van der Waals surface area contributed by atoms with Crippen molar-refractivity contribution < 1.29 is 4.79 Å². The number of hydrogen-bond donors (Lipinski definition) is 2. The zero-order valence-electron chi connectivity index (χ0n) is 14.4. The lowest BCUT2D eigenvalue weighted by molar-refractivity contribution is -0.115. The van der Waals surface area contributed by atoms with Crippen molar-refractivity contribution >= 4 is 23.1 Å². The summed E-state index contributed by atoms with van der Waals surface area (Å²) in [7, 11) is 0. The molecule has 0 bridgehead atoms. The van der Waals surface area contributed by atoms with Crippen LogP contribution in [0.3, 0.4) is 0 Å². The third kappa shape index (κ3) is 4.46. The second-order valence-electron chi connectivity index (χ2n) is 5.93. The molecule has 0 aliphatic heterocycles. The molecule has 0 unspecified atom stereocenters. The van der Waals surface area contributed by atoms with Crippen molar-refractivity contribution in [2.24, 2.45) is 0 Å². The Hall–Kier alpha value is -3.65. The van der Waals surface area contributed by atoms with Crippen LogP contribution in [0.4, 0.5) is 17.2 Å². The summed E-state index contributed by atoms with van der Waals surface area (Å²) in [4.78, 5) is 16.4. The molecule has 2 N–H and O–H groups in total. The maximum atomic E-state index is 12.1. The first-order valence-electron chi connectivity index (χ1n) is 8.21.